The third-order valence-electron chi connectivity index (χ3n) is 1.04. The van der Waals surface area contributed by atoms with E-state index in [4.69, 9.17) is 0 Å². The summed E-state index contributed by atoms with van der Waals surface area (Å²) >= 11 is 0. The van der Waals surface area contributed by atoms with E-state index in [1.165, 1.54) is 0 Å². The molecule has 0 fully saturated rings. The Balaban J connectivity index is 2.67. The molecular formula is C8H10N2. The molecule has 0 aromatic carbocycles. The third kappa shape index (κ3) is 1.90. The van der Waals surface area contributed by atoms with Crippen LogP contribution in [0.2, 0.25) is 0 Å². The number of anilines is 1. The summed E-state index contributed by atoms with van der Waals surface area (Å²) in [4.78, 5) is 3.88. The molecule has 0 atom stereocenters. The van der Waals surface area contributed by atoms with E-state index >= 15 is 0 Å². The molecule has 52 valence electrons. The molecule has 2 nitrogen and oxygen atoms in total. The van der Waals surface area contributed by atoms with Crippen LogP contribution in [0.3, 0.4) is 0 Å². The third-order valence-corrected chi connectivity index (χ3v) is 1.04. The highest BCUT2D eigenvalue weighted by molar-refractivity contribution is 5.45. The lowest BCUT2D eigenvalue weighted by atomic mass is 10.4. The van der Waals surface area contributed by atoms with Gasteiger partial charge in [0.2, 0.25) is 0 Å². The van der Waals surface area contributed by atoms with Crippen molar-refractivity contribution in [1.82, 2.24) is 4.98 Å². The fourth-order valence-corrected chi connectivity index (χ4v) is 0.682. The van der Waals surface area contributed by atoms with Gasteiger partial charge in [-0.05, 0) is 19.1 Å². The van der Waals surface area contributed by atoms with Gasteiger partial charge in [-0.15, -0.1) is 0 Å². The predicted molar refractivity (Wildman–Crippen MR) is 42.7 cm³/mol. The number of rotatable bonds is 2. The smallest absolute Gasteiger partial charge is 0.0412 e. The first kappa shape index (κ1) is 6.81. The van der Waals surface area contributed by atoms with Crippen molar-refractivity contribution < 1.29 is 0 Å². The largest absolute Gasteiger partial charge is 0.360 e. The normalized spacial score (nSPS) is 8.90. The second-order valence-corrected chi connectivity index (χ2v) is 2.14. The first-order chi connectivity index (χ1) is 4.79. The van der Waals surface area contributed by atoms with Gasteiger partial charge in [0, 0.05) is 23.8 Å². The lowest BCUT2D eigenvalue weighted by Crippen LogP contribution is -1.92. The van der Waals surface area contributed by atoms with Crippen molar-refractivity contribution in [1.29, 1.82) is 0 Å². The van der Waals surface area contributed by atoms with Gasteiger partial charge in [0.1, 0.15) is 0 Å². The molecular weight excluding hydrogens is 124 g/mol. The molecule has 0 aliphatic rings. The van der Waals surface area contributed by atoms with Crippen LogP contribution in [0.5, 0.6) is 0 Å². The van der Waals surface area contributed by atoms with E-state index in [-0.39, 0.29) is 0 Å². The molecule has 0 amide bonds. The Bertz CT molecular complexity index is 216. The molecule has 10 heavy (non-hydrogen) atoms. The van der Waals surface area contributed by atoms with Gasteiger partial charge in [-0.25, -0.2) is 0 Å². The van der Waals surface area contributed by atoms with Crippen LogP contribution in [0, 0.1) is 0 Å². The molecule has 1 rings (SSSR count). The maximum absolute atomic E-state index is 3.88. The minimum atomic E-state index is 0.936. The lowest BCUT2D eigenvalue weighted by Gasteiger charge is -2.02. The van der Waals surface area contributed by atoms with E-state index in [1.807, 2.05) is 19.1 Å². The Morgan fingerprint density at radius 3 is 2.60 bits per heavy atom. The quantitative estimate of drug-likeness (QED) is 0.669. The zero-order valence-corrected chi connectivity index (χ0v) is 5.96. The number of hydrogen-bond donors (Lipinski definition) is 1. The van der Waals surface area contributed by atoms with Crippen LogP contribution in [0.4, 0.5) is 5.69 Å². The van der Waals surface area contributed by atoms with Gasteiger partial charge in [-0.2, -0.15) is 0 Å². The topological polar surface area (TPSA) is 24.9 Å². The fraction of sp³-hybridized carbons (Fsp3) is 0.125. The maximum Gasteiger partial charge on any atom is 0.0412 e. The summed E-state index contributed by atoms with van der Waals surface area (Å²) in [6.45, 7) is 5.64. The van der Waals surface area contributed by atoms with Crippen molar-refractivity contribution in [2.24, 2.45) is 0 Å². The second kappa shape index (κ2) is 3.01. The highest BCUT2D eigenvalue weighted by Gasteiger charge is 1.86. The zero-order valence-electron chi connectivity index (χ0n) is 5.96. The molecule has 1 aromatic rings. The SMILES string of the molecule is C=C(C)Nc1ccncc1. The lowest BCUT2D eigenvalue weighted by molar-refractivity contribution is 1.30. The van der Waals surface area contributed by atoms with E-state index in [9.17, 15) is 0 Å². The van der Waals surface area contributed by atoms with Crippen LogP contribution in [-0.2, 0) is 0 Å². The first-order valence-corrected chi connectivity index (χ1v) is 3.11. The number of pyridine rings is 1. The highest BCUT2D eigenvalue weighted by atomic mass is 14.9. The number of aromatic nitrogens is 1. The van der Waals surface area contributed by atoms with Crippen LogP contribution in [0.1, 0.15) is 6.92 Å². The molecule has 0 unspecified atom stereocenters. The Morgan fingerprint density at radius 2 is 2.10 bits per heavy atom. The molecule has 0 spiro atoms. The van der Waals surface area contributed by atoms with Crippen molar-refractivity contribution in [2.75, 3.05) is 5.32 Å². The summed E-state index contributed by atoms with van der Waals surface area (Å²) in [7, 11) is 0. The van der Waals surface area contributed by atoms with E-state index < -0.39 is 0 Å². The van der Waals surface area contributed by atoms with Crippen molar-refractivity contribution >= 4 is 5.69 Å². The van der Waals surface area contributed by atoms with Gasteiger partial charge in [0.15, 0.2) is 0 Å². The molecule has 0 saturated carbocycles. The van der Waals surface area contributed by atoms with Crippen LogP contribution in [-0.4, -0.2) is 4.98 Å². The molecule has 0 saturated heterocycles. The summed E-state index contributed by atoms with van der Waals surface area (Å²) < 4.78 is 0. The number of nitrogens with one attached hydrogen (secondary N) is 1. The highest BCUT2D eigenvalue weighted by Crippen LogP contribution is 2.04. The van der Waals surface area contributed by atoms with Crippen molar-refractivity contribution in [3.8, 4) is 0 Å². The molecule has 1 aromatic heterocycles. The monoisotopic (exact) mass is 134 g/mol. The minimum Gasteiger partial charge on any atom is -0.360 e. The summed E-state index contributed by atoms with van der Waals surface area (Å²) in [6, 6.07) is 3.80. The minimum absolute atomic E-state index is 0.936. The van der Waals surface area contributed by atoms with E-state index in [0.29, 0.717) is 0 Å². The number of nitrogens with zero attached hydrogens (tertiary/aromatic N) is 1. The summed E-state index contributed by atoms with van der Waals surface area (Å²) in [6.07, 6.45) is 3.48. The molecule has 0 radical (unpaired) electrons. The van der Waals surface area contributed by atoms with Gasteiger partial charge in [-0.1, -0.05) is 6.58 Å². The standard InChI is InChI=1S/C8H10N2/c1-7(2)10-8-3-5-9-6-4-8/h3-6H,1H2,2H3,(H,9,10). The summed E-state index contributed by atoms with van der Waals surface area (Å²) in [5.41, 5.74) is 1.97. The molecule has 0 aliphatic carbocycles. The van der Waals surface area contributed by atoms with Gasteiger partial charge in [0.05, 0.1) is 0 Å². The second-order valence-electron chi connectivity index (χ2n) is 2.14. The Labute approximate surface area is 60.6 Å². The van der Waals surface area contributed by atoms with Crippen LogP contribution < -0.4 is 5.32 Å². The van der Waals surface area contributed by atoms with Gasteiger partial charge in [0.25, 0.3) is 0 Å². The van der Waals surface area contributed by atoms with Crippen molar-refractivity contribution in [3.05, 3.63) is 36.8 Å². The van der Waals surface area contributed by atoms with Crippen LogP contribution in [0.25, 0.3) is 0 Å². The maximum atomic E-state index is 3.88. The fourth-order valence-electron chi connectivity index (χ4n) is 0.682. The molecule has 1 N–H and O–H groups in total. The van der Waals surface area contributed by atoms with Gasteiger partial charge < -0.3 is 5.32 Å². The summed E-state index contributed by atoms with van der Waals surface area (Å²) in [5.74, 6) is 0. The van der Waals surface area contributed by atoms with E-state index in [1.54, 1.807) is 12.4 Å². The van der Waals surface area contributed by atoms with E-state index in [2.05, 4.69) is 16.9 Å². The van der Waals surface area contributed by atoms with Crippen LogP contribution >= 0.6 is 0 Å². The Morgan fingerprint density at radius 1 is 1.50 bits per heavy atom. The summed E-state index contributed by atoms with van der Waals surface area (Å²) in [5, 5.41) is 3.07. The Hall–Kier alpha value is -1.31. The van der Waals surface area contributed by atoms with Crippen LogP contribution in [0.15, 0.2) is 36.8 Å². The number of allylic oxidation sites excluding steroid dienone is 1. The van der Waals surface area contributed by atoms with Gasteiger partial charge >= 0.3 is 0 Å². The molecule has 0 aliphatic heterocycles. The molecule has 2 heteroatoms. The Kier molecular flexibility index (Phi) is 2.05. The number of hydrogen-bond acceptors (Lipinski definition) is 2. The van der Waals surface area contributed by atoms with E-state index in [0.717, 1.165) is 11.4 Å². The first-order valence-electron chi connectivity index (χ1n) is 3.11. The van der Waals surface area contributed by atoms with Gasteiger partial charge in [-0.3, -0.25) is 4.98 Å². The molecule has 1 heterocycles. The predicted octanol–water partition coefficient (Wildman–Crippen LogP) is 2.03. The van der Waals surface area contributed by atoms with Crippen molar-refractivity contribution in [3.63, 3.8) is 0 Å². The average Bonchev–Trinajstić information content (AvgIpc) is 1.88. The van der Waals surface area contributed by atoms with Crippen molar-refractivity contribution in [2.45, 2.75) is 6.92 Å². The molecule has 0 bridgehead atoms. The average molecular weight is 134 g/mol. The zero-order chi connectivity index (χ0) is 7.40.